The summed E-state index contributed by atoms with van der Waals surface area (Å²) in [6.07, 6.45) is 9.30. The number of rotatable bonds is 21. The number of benzene rings is 5. The Balaban J connectivity index is 0.706. The Labute approximate surface area is 722 Å². The van der Waals surface area contributed by atoms with E-state index < -0.39 is 76.3 Å². The molecule has 3 aromatic heterocycles. The van der Waals surface area contributed by atoms with Gasteiger partial charge in [0.05, 0.1) is 68.6 Å². The molecule has 125 heavy (non-hydrogen) atoms. The van der Waals surface area contributed by atoms with Crippen molar-refractivity contribution in [3.63, 3.8) is 0 Å². The number of pyridine rings is 1. The molecule has 0 saturated heterocycles. The number of amides is 10. The zero-order valence-corrected chi connectivity index (χ0v) is 69.8. The maximum atomic E-state index is 14.2. The molecule has 38 nitrogen and oxygen atoms in total. The van der Waals surface area contributed by atoms with Crippen molar-refractivity contribution in [1.29, 1.82) is 0 Å². The van der Waals surface area contributed by atoms with Crippen molar-refractivity contribution < 1.29 is 77.9 Å². The number of carbonyl (C=O) groups excluding carboxylic acids is 11. The molecule has 666 valence electrons. The first kappa shape index (κ1) is 94.0. The number of aromatic amines is 1. The number of carbonyl (C=O) groups is 11. The second-order valence-electron chi connectivity index (χ2n) is 30.0. The summed E-state index contributed by atoms with van der Waals surface area (Å²) in [5.41, 5.74) is 8.23. The molecule has 10 rings (SSSR count). The van der Waals surface area contributed by atoms with E-state index in [1.165, 1.54) is 85.3 Å². The molecule has 8 aromatic rings. The number of Topliss-reactive ketones (excluding diaryl/α,β-unsaturated/α-hetero) is 1. The molecule has 0 radical (unpaired) electrons. The van der Waals surface area contributed by atoms with Gasteiger partial charge in [0.15, 0.2) is 11.2 Å². The zero-order chi connectivity index (χ0) is 88.7. The number of imidazole rings is 1. The molecule has 0 spiro atoms. The average Bonchev–Trinajstić information content (AvgIpc) is 1.76. The first-order valence-corrected chi connectivity index (χ1v) is 42.2. The number of hydrogen-bond donors (Lipinski definition) is 20. The topological polar surface area (TPSA) is 546 Å². The summed E-state index contributed by atoms with van der Waals surface area (Å²) in [6, 6.07) is 27.4. The Morgan fingerprint density at radius 2 is 0.832 bits per heavy atom. The summed E-state index contributed by atoms with van der Waals surface area (Å²) in [5, 5.41) is 86.8. The number of nitrogens with zero attached hydrogens (tertiary/aromatic N) is 6. The molecule has 38 heteroatoms. The predicted molar refractivity (Wildman–Crippen MR) is 464 cm³/mol. The van der Waals surface area contributed by atoms with E-state index >= 15 is 0 Å². The third-order valence-electron chi connectivity index (χ3n) is 20.9. The Kier molecular flexibility index (Phi) is 37.4. The van der Waals surface area contributed by atoms with Gasteiger partial charge < -0.3 is 110 Å². The van der Waals surface area contributed by atoms with Crippen LogP contribution in [0.2, 0.25) is 0 Å². The fourth-order valence-corrected chi connectivity index (χ4v) is 13.9. The lowest BCUT2D eigenvalue weighted by atomic mass is 10.0. The van der Waals surface area contributed by atoms with E-state index in [1.807, 2.05) is 34.1 Å². The van der Waals surface area contributed by atoms with Crippen LogP contribution in [-0.2, 0) is 29.3 Å². The van der Waals surface area contributed by atoms with E-state index in [9.17, 15) is 73.2 Å². The number of para-hydroxylation sites is 4. The minimum Gasteiger partial charge on any atom is -0.506 e. The lowest BCUT2D eigenvalue weighted by Crippen LogP contribution is -2.46. The number of phenolic OH excluding ortho intramolecular Hbond substituents is 4. The first-order chi connectivity index (χ1) is 60.7. The highest BCUT2D eigenvalue weighted by Gasteiger charge is 2.26. The molecule has 3 unspecified atom stereocenters. The number of ketones is 1. The molecule has 10 amide bonds. The molecule has 2 aliphatic heterocycles. The maximum absolute atomic E-state index is 14.2. The fraction of sp³-hybridized carbons (Fsp3) is 0.414. The standard InChI is InChI=1S/C87H112N22O16/c88-87-106-76-71(103-55-104-76)86(107-87)125-54-57-26-24-56(25-27-57)50-102-77(116)58-28-29-59(100-51-58)53-101-70(111)23-7-2-1-5-13-61(110)14-6-3-4-12-60-52-92-33-32-91-36-39-95-80(119)64-17-10-20-67(74(64)114)83(122)97-41-45-108-44-40-96-81(120)65-18-8-15-62(72(65)112)78(117)93-37-34-89-30-31-90-35-38-94-79(118)63-16-9-19-66(73(63)113)82(121)98-42-46-109(49-48-108)47-43-99-84(123)68-21-11-22-69(75(68)115)85(124)105-60/h8-11,15-22,24-29,51,55,60,89-92,112-115H,1-7,12-14,23,30-50,52-54H2,(H,93,117)(H,94,118)(H,95,119)(H,96,120)(H,97,122)(H,98,121)(H,99,123)(H,101,111)(H,102,116)(H,105,124)(H3,88,103,104,106,107). The van der Waals surface area contributed by atoms with Gasteiger partial charge in [0, 0.05) is 175 Å². The number of anilines is 1. The Morgan fingerprint density at radius 3 is 1.28 bits per heavy atom. The number of hydrogen-bond acceptors (Lipinski definition) is 27. The molecule has 5 heterocycles. The quantitative estimate of drug-likeness (QED) is 0.0458. The second-order valence-corrected chi connectivity index (χ2v) is 30.0. The van der Waals surface area contributed by atoms with Crippen molar-refractivity contribution in [1.82, 2.24) is 109 Å². The van der Waals surface area contributed by atoms with Gasteiger partial charge in [-0.05, 0) is 97.5 Å². The van der Waals surface area contributed by atoms with E-state index in [0.717, 1.165) is 24.0 Å². The maximum Gasteiger partial charge on any atom is 0.255 e. The number of phenols is 4. The number of unbranched alkanes of at least 4 members (excludes halogenated alkanes) is 5. The van der Waals surface area contributed by atoms with Crippen LogP contribution >= 0.6 is 0 Å². The Morgan fingerprint density at radius 1 is 0.424 bits per heavy atom. The van der Waals surface area contributed by atoms with Gasteiger partial charge in [-0.2, -0.15) is 9.97 Å². The second kappa shape index (κ2) is 49.7. The summed E-state index contributed by atoms with van der Waals surface area (Å²) in [4.78, 5) is 172. The molecule has 0 fully saturated rings. The Hall–Kier alpha value is -13.3. The number of nitrogens with one attached hydrogen (secondary N) is 15. The molecule has 21 N–H and O–H groups in total. The van der Waals surface area contributed by atoms with Gasteiger partial charge in [0.25, 0.3) is 53.2 Å². The van der Waals surface area contributed by atoms with Gasteiger partial charge in [0.2, 0.25) is 17.7 Å². The molecule has 0 aliphatic carbocycles. The molecule has 0 saturated carbocycles. The largest absolute Gasteiger partial charge is 0.506 e. The van der Waals surface area contributed by atoms with Crippen molar-refractivity contribution in [3.05, 3.63) is 189 Å². The monoisotopic (exact) mass is 1720 g/mol. The molecular formula is C87H112N22O16. The third-order valence-corrected chi connectivity index (χ3v) is 20.9. The summed E-state index contributed by atoms with van der Waals surface area (Å²) in [7, 11) is 0. The molecule has 10 bridgehead atoms. The normalized spacial score (nSPS) is 17.4. The van der Waals surface area contributed by atoms with Crippen LogP contribution in [0.25, 0.3) is 11.2 Å². The number of H-pyrrole nitrogens is 1. The average molecular weight is 1720 g/mol. The number of aromatic nitrogens is 5. The number of ether oxygens (including phenoxy) is 1. The lowest BCUT2D eigenvalue weighted by Gasteiger charge is -2.28. The van der Waals surface area contributed by atoms with E-state index in [-0.39, 0.29) is 179 Å². The predicted octanol–water partition coefficient (Wildman–Crippen LogP) is 2.14. The van der Waals surface area contributed by atoms with Crippen molar-refractivity contribution >= 4 is 82.0 Å². The molecule has 5 aromatic carbocycles. The summed E-state index contributed by atoms with van der Waals surface area (Å²) < 4.78 is 5.86. The van der Waals surface area contributed by atoms with Crippen LogP contribution in [-0.4, -0.2) is 263 Å². The van der Waals surface area contributed by atoms with Gasteiger partial charge in [-0.15, -0.1) is 0 Å². The van der Waals surface area contributed by atoms with Crippen molar-refractivity contribution in [2.75, 3.05) is 143 Å². The molecular weight excluding hydrogens is 1610 g/mol. The number of fused-ring (bicyclic) bond motifs is 12. The smallest absolute Gasteiger partial charge is 0.255 e. The van der Waals surface area contributed by atoms with E-state index in [2.05, 4.69) is 99.4 Å². The third kappa shape index (κ3) is 29.8. The van der Waals surface area contributed by atoms with Crippen LogP contribution in [0.3, 0.4) is 0 Å². The fourth-order valence-electron chi connectivity index (χ4n) is 13.9. The van der Waals surface area contributed by atoms with Crippen LogP contribution in [0, 0.1) is 0 Å². The van der Waals surface area contributed by atoms with Crippen LogP contribution in [0.1, 0.15) is 181 Å². The highest BCUT2D eigenvalue weighted by atomic mass is 16.5. The number of aromatic hydroxyl groups is 4. The Bertz CT molecular complexity index is 4990. The van der Waals surface area contributed by atoms with E-state index in [1.54, 1.807) is 12.1 Å². The zero-order valence-electron chi connectivity index (χ0n) is 69.8. The van der Waals surface area contributed by atoms with Crippen molar-refractivity contribution in [2.24, 2.45) is 0 Å². The van der Waals surface area contributed by atoms with E-state index in [4.69, 9.17) is 10.5 Å². The van der Waals surface area contributed by atoms with Crippen LogP contribution in [0.4, 0.5) is 5.95 Å². The summed E-state index contributed by atoms with van der Waals surface area (Å²) in [5.74, 6) is -7.42. The van der Waals surface area contributed by atoms with Crippen LogP contribution < -0.4 is 84.9 Å². The van der Waals surface area contributed by atoms with Gasteiger partial charge in [-0.25, -0.2) is 4.98 Å². The number of nitrogens with two attached hydrogens (primary N) is 1. The summed E-state index contributed by atoms with van der Waals surface area (Å²) >= 11 is 0. The molecule has 3 atom stereocenters. The van der Waals surface area contributed by atoms with Crippen LogP contribution in [0.5, 0.6) is 28.9 Å². The SMILES string of the molecule is Nc1nc(OCc2ccc(CNC(=O)c3ccc(CNC(=O)CCCCCCC(=O)CCCCCC4CNCCNCCNC(=O)c5cccc(c5O)C(=O)NCCN5CCNC(=O)c6cccc(c6O)C(=O)NCCNCCNCCNC(=O)c6cccc(c6O)C(=O)NCCN(CCNC(=O)c6cccc(c6O)C(=O)N4)CC5)nc3)cc2)c2nc[nH]c2n1. The van der Waals surface area contributed by atoms with Crippen molar-refractivity contribution in [3.8, 4) is 28.9 Å². The van der Waals surface area contributed by atoms with Crippen molar-refractivity contribution in [2.45, 2.75) is 96.4 Å². The highest BCUT2D eigenvalue weighted by Crippen LogP contribution is 2.28. The molecule has 2 aliphatic rings. The van der Waals surface area contributed by atoms with Gasteiger partial charge in [-0.1, -0.05) is 74.2 Å². The van der Waals surface area contributed by atoms with Gasteiger partial charge in [0.1, 0.15) is 35.4 Å². The first-order valence-electron chi connectivity index (χ1n) is 42.2. The van der Waals surface area contributed by atoms with E-state index in [0.29, 0.717) is 133 Å². The highest BCUT2D eigenvalue weighted by molar-refractivity contribution is 6.07. The number of nitrogen functional groups attached to an aromatic ring is 1. The van der Waals surface area contributed by atoms with Gasteiger partial charge in [-0.3, -0.25) is 67.5 Å². The minimum atomic E-state index is -0.708. The lowest BCUT2D eigenvalue weighted by molar-refractivity contribution is -0.121. The summed E-state index contributed by atoms with van der Waals surface area (Å²) in [6.45, 7) is 5.25. The van der Waals surface area contributed by atoms with Crippen LogP contribution in [0.15, 0.2) is 122 Å². The van der Waals surface area contributed by atoms with Gasteiger partial charge >= 0.3 is 0 Å². The minimum absolute atomic E-state index is 0.0173.